The quantitative estimate of drug-likeness (QED) is 0.531. The zero-order chi connectivity index (χ0) is 22.2. The summed E-state index contributed by atoms with van der Waals surface area (Å²) in [5.41, 5.74) is 4.51. The molecule has 2 N–H and O–H groups in total. The number of benzene rings is 2. The third-order valence-electron chi connectivity index (χ3n) is 5.57. The number of fused-ring (bicyclic) bond motifs is 1. The van der Waals surface area contributed by atoms with Gasteiger partial charge in [-0.15, -0.1) is 0 Å². The van der Waals surface area contributed by atoms with E-state index in [0.717, 1.165) is 48.6 Å². The molecule has 0 aromatic heterocycles. The highest BCUT2D eigenvalue weighted by Gasteiger charge is 2.21. The molecule has 0 bridgehead atoms. The Morgan fingerprint density at radius 2 is 1.71 bits per heavy atom. The van der Waals surface area contributed by atoms with E-state index in [9.17, 15) is 0 Å². The first-order valence-corrected chi connectivity index (χ1v) is 10.8. The van der Waals surface area contributed by atoms with Crippen molar-refractivity contribution in [1.29, 1.82) is 0 Å². The lowest BCUT2D eigenvalue weighted by Gasteiger charge is -2.26. The normalized spacial score (nSPS) is 15.5. The van der Waals surface area contributed by atoms with Crippen LogP contribution in [-0.2, 0) is 6.42 Å². The van der Waals surface area contributed by atoms with E-state index < -0.39 is 0 Å². The van der Waals surface area contributed by atoms with Crippen LogP contribution in [0.5, 0.6) is 23.0 Å². The van der Waals surface area contributed by atoms with Gasteiger partial charge in [0.2, 0.25) is 0 Å². The molecular weight excluding hydrogens is 392 g/mol. The van der Waals surface area contributed by atoms with Crippen molar-refractivity contribution in [2.75, 3.05) is 46.8 Å². The fourth-order valence-electron chi connectivity index (χ4n) is 3.82. The van der Waals surface area contributed by atoms with Crippen LogP contribution in [0.1, 0.15) is 42.5 Å². The third kappa shape index (κ3) is 5.25. The average molecular weight is 427 g/mol. The summed E-state index contributed by atoms with van der Waals surface area (Å²) >= 11 is 0. The molecule has 1 unspecified atom stereocenters. The van der Waals surface area contributed by atoms with Crippen LogP contribution < -0.4 is 29.6 Å². The number of methoxy groups -OCH3 is 3. The molecule has 0 saturated heterocycles. The zero-order valence-corrected chi connectivity index (χ0v) is 19.2. The van der Waals surface area contributed by atoms with E-state index in [4.69, 9.17) is 18.9 Å². The molecule has 31 heavy (non-hydrogen) atoms. The van der Waals surface area contributed by atoms with Crippen molar-refractivity contribution in [2.45, 2.75) is 32.2 Å². The second kappa shape index (κ2) is 11.0. The molecule has 0 amide bonds. The van der Waals surface area contributed by atoms with Crippen LogP contribution in [0.3, 0.4) is 0 Å². The predicted molar refractivity (Wildman–Crippen MR) is 126 cm³/mol. The van der Waals surface area contributed by atoms with Crippen LogP contribution in [0.15, 0.2) is 30.3 Å². The Morgan fingerprint density at radius 3 is 2.39 bits per heavy atom. The van der Waals surface area contributed by atoms with E-state index in [1.807, 2.05) is 19.2 Å². The Kier molecular flexibility index (Phi) is 8.06. The maximum Gasteiger partial charge on any atom is 0.162 e. The van der Waals surface area contributed by atoms with Gasteiger partial charge in [0, 0.05) is 30.9 Å². The van der Waals surface area contributed by atoms with Crippen LogP contribution >= 0.6 is 0 Å². The zero-order valence-electron chi connectivity index (χ0n) is 19.2. The molecule has 0 aliphatic carbocycles. The molecule has 1 aliphatic heterocycles. The molecule has 168 valence electrons. The van der Waals surface area contributed by atoms with E-state index in [0.29, 0.717) is 18.1 Å². The number of hydrogen-bond donors (Lipinski definition) is 2. The van der Waals surface area contributed by atoms with Crippen molar-refractivity contribution in [3.05, 3.63) is 47.0 Å². The van der Waals surface area contributed by atoms with Gasteiger partial charge in [0.1, 0.15) is 0 Å². The molecule has 2 aromatic carbocycles. The van der Waals surface area contributed by atoms with Gasteiger partial charge in [-0.1, -0.05) is 25.5 Å². The van der Waals surface area contributed by atoms with Gasteiger partial charge in [-0.25, -0.2) is 0 Å². The molecule has 1 atom stereocenters. The Balaban J connectivity index is 1.90. The molecule has 3 rings (SSSR count). The Labute approximate surface area is 185 Å². The van der Waals surface area contributed by atoms with Crippen molar-refractivity contribution >= 4 is 11.8 Å². The minimum absolute atomic E-state index is 0.0835. The molecule has 0 spiro atoms. The Morgan fingerprint density at radius 1 is 1.00 bits per heavy atom. The monoisotopic (exact) mass is 426 g/mol. The topological polar surface area (TPSA) is 61.0 Å². The fourth-order valence-corrected chi connectivity index (χ4v) is 3.82. The van der Waals surface area contributed by atoms with E-state index in [1.165, 1.54) is 11.1 Å². The van der Waals surface area contributed by atoms with Crippen LogP contribution in [0.2, 0.25) is 0 Å². The highest BCUT2D eigenvalue weighted by atomic mass is 16.5. The molecule has 0 saturated carbocycles. The van der Waals surface area contributed by atoms with Crippen LogP contribution in [0, 0.1) is 0 Å². The van der Waals surface area contributed by atoms with Crippen molar-refractivity contribution in [1.82, 2.24) is 5.32 Å². The number of nitrogens with one attached hydrogen (secondary N) is 2. The number of hydrogen-bond acceptors (Lipinski definition) is 6. The Hall–Kier alpha value is -2.86. The minimum Gasteiger partial charge on any atom is -0.493 e. The van der Waals surface area contributed by atoms with Gasteiger partial charge in [-0.2, -0.15) is 0 Å². The number of ether oxygens (including phenoxy) is 4. The fraction of sp³-hybridized carbons (Fsp3) is 0.440. The molecule has 0 radical (unpaired) electrons. The van der Waals surface area contributed by atoms with Gasteiger partial charge < -0.3 is 29.6 Å². The van der Waals surface area contributed by atoms with Crippen molar-refractivity contribution < 1.29 is 18.9 Å². The summed E-state index contributed by atoms with van der Waals surface area (Å²) in [6, 6.07) is 8.26. The standard InChI is InChI=1S/C25H34N2O4/c1-6-7-12-31-25-13-17-10-11-27-20(19(17)15-23(25)29-4)9-8-18-14-22(28-3)24(30-5)16-21(18)26-2/h8-9,13-16,20,26-27H,6-7,10-12H2,1-5H3/b9-8+. The molecule has 1 aliphatic rings. The summed E-state index contributed by atoms with van der Waals surface area (Å²) in [6.07, 6.45) is 7.39. The highest BCUT2D eigenvalue weighted by molar-refractivity contribution is 5.72. The lowest BCUT2D eigenvalue weighted by atomic mass is 9.93. The first-order chi connectivity index (χ1) is 15.1. The maximum absolute atomic E-state index is 5.98. The van der Waals surface area contributed by atoms with E-state index >= 15 is 0 Å². The van der Waals surface area contributed by atoms with E-state index in [2.05, 4.69) is 41.8 Å². The molecule has 2 aromatic rings. The van der Waals surface area contributed by atoms with Crippen LogP contribution in [0.25, 0.3) is 6.08 Å². The summed E-state index contributed by atoms with van der Waals surface area (Å²) in [5, 5.41) is 6.83. The smallest absolute Gasteiger partial charge is 0.162 e. The van der Waals surface area contributed by atoms with Crippen molar-refractivity contribution in [3.63, 3.8) is 0 Å². The Bertz CT molecular complexity index is 911. The lowest BCUT2D eigenvalue weighted by Crippen LogP contribution is -2.28. The molecular formula is C25H34N2O4. The maximum atomic E-state index is 5.98. The largest absolute Gasteiger partial charge is 0.493 e. The summed E-state index contributed by atoms with van der Waals surface area (Å²) in [6.45, 7) is 3.78. The van der Waals surface area contributed by atoms with Gasteiger partial charge in [0.15, 0.2) is 23.0 Å². The summed E-state index contributed by atoms with van der Waals surface area (Å²) in [4.78, 5) is 0. The lowest BCUT2D eigenvalue weighted by molar-refractivity contribution is 0.287. The SMILES string of the molecule is CCCCOc1cc2c(cc1OC)C(/C=C/c1cc(OC)c(OC)cc1NC)NCC2. The van der Waals surface area contributed by atoms with Crippen LogP contribution in [0.4, 0.5) is 5.69 Å². The first-order valence-electron chi connectivity index (χ1n) is 10.8. The summed E-state index contributed by atoms with van der Waals surface area (Å²) in [7, 11) is 6.88. The van der Waals surface area contributed by atoms with Gasteiger partial charge in [-0.3, -0.25) is 0 Å². The first kappa shape index (κ1) is 22.8. The molecule has 1 heterocycles. The number of rotatable bonds is 10. The molecule has 6 heteroatoms. The number of anilines is 1. The predicted octanol–water partition coefficient (Wildman–Crippen LogP) is 4.83. The van der Waals surface area contributed by atoms with Crippen molar-refractivity contribution in [2.24, 2.45) is 0 Å². The minimum atomic E-state index is 0.0835. The van der Waals surface area contributed by atoms with Gasteiger partial charge in [-0.05, 0) is 42.2 Å². The van der Waals surface area contributed by atoms with Gasteiger partial charge in [0.05, 0.1) is 34.0 Å². The molecule has 0 fully saturated rings. The third-order valence-corrected chi connectivity index (χ3v) is 5.57. The van der Waals surface area contributed by atoms with Crippen LogP contribution in [-0.4, -0.2) is 41.5 Å². The summed E-state index contributed by atoms with van der Waals surface area (Å²) < 4.78 is 22.5. The highest BCUT2D eigenvalue weighted by Crippen LogP contribution is 2.37. The van der Waals surface area contributed by atoms with E-state index in [1.54, 1.807) is 21.3 Å². The van der Waals surface area contributed by atoms with E-state index in [-0.39, 0.29) is 6.04 Å². The van der Waals surface area contributed by atoms with Gasteiger partial charge >= 0.3 is 0 Å². The van der Waals surface area contributed by atoms with Crippen molar-refractivity contribution in [3.8, 4) is 23.0 Å². The molecule has 6 nitrogen and oxygen atoms in total. The number of unbranched alkanes of at least 4 members (excludes halogenated alkanes) is 1. The van der Waals surface area contributed by atoms with Gasteiger partial charge in [0.25, 0.3) is 0 Å². The average Bonchev–Trinajstić information content (AvgIpc) is 2.81. The second-order valence-electron chi connectivity index (χ2n) is 7.49. The second-order valence-corrected chi connectivity index (χ2v) is 7.49. The summed E-state index contributed by atoms with van der Waals surface area (Å²) in [5.74, 6) is 3.01.